The fraction of sp³-hybridized carbons (Fsp3) is 0.111. The van der Waals surface area contributed by atoms with Crippen molar-refractivity contribution >= 4 is 17.6 Å². The third-order valence-corrected chi connectivity index (χ3v) is 1.62. The summed E-state index contributed by atoms with van der Waals surface area (Å²) in [6, 6.07) is 1.42. The van der Waals surface area contributed by atoms with Gasteiger partial charge in [-0.25, -0.2) is 13.2 Å². The molecule has 16 heavy (non-hydrogen) atoms. The average molecular weight is 233 g/mol. The first-order valence-electron chi connectivity index (χ1n) is 4.07. The highest BCUT2D eigenvalue weighted by Gasteiger charge is 2.16. The molecule has 0 aliphatic carbocycles. The number of anilines is 1. The predicted octanol–water partition coefficient (Wildman–Crippen LogP) is 1.52. The Morgan fingerprint density at radius 3 is 2.38 bits per heavy atom. The number of hydrogen-bond donors (Lipinski definition) is 2. The van der Waals surface area contributed by atoms with Crippen LogP contribution in [0.2, 0.25) is 0 Å². The van der Waals surface area contributed by atoms with Crippen LogP contribution in [-0.2, 0) is 9.59 Å². The van der Waals surface area contributed by atoms with Gasteiger partial charge in [0.15, 0.2) is 17.5 Å². The second-order valence-corrected chi connectivity index (χ2v) is 2.84. The Balaban J connectivity index is 2.86. The monoisotopic (exact) mass is 233 g/mol. The van der Waals surface area contributed by atoms with Crippen LogP contribution in [0.25, 0.3) is 0 Å². The maximum Gasteiger partial charge on any atom is 0.312 e. The van der Waals surface area contributed by atoms with E-state index >= 15 is 0 Å². The lowest BCUT2D eigenvalue weighted by Gasteiger charge is -2.05. The normalized spacial score (nSPS) is 9.94. The Kier molecular flexibility index (Phi) is 3.49. The number of rotatable bonds is 3. The standard InChI is InChI=1S/C9H6F3NO3/c10-4-1-2-5(9(12)8(4)11)13-6(14)3-7(15)16/h1-2H,3H2,(H,13,14)(H,15,16). The van der Waals surface area contributed by atoms with Crippen molar-refractivity contribution in [1.82, 2.24) is 0 Å². The summed E-state index contributed by atoms with van der Waals surface area (Å²) in [5.74, 6) is -7.14. The number of aliphatic carboxylic acids is 1. The topological polar surface area (TPSA) is 66.4 Å². The van der Waals surface area contributed by atoms with E-state index in [0.717, 1.165) is 6.07 Å². The van der Waals surface area contributed by atoms with Crippen LogP contribution in [0.3, 0.4) is 0 Å². The summed E-state index contributed by atoms with van der Waals surface area (Å²) < 4.78 is 38.2. The van der Waals surface area contributed by atoms with Gasteiger partial charge in [-0.1, -0.05) is 0 Å². The first-order chi connectivity index (χ1) is 7.41. The molecule has 2 N–H and O–H groups in total. The number of nitrogens with one attached hydrogen (secondary N) is 1. The largest absolute Gasteiger partial charge is 0.481 e. The molecule has 4 nitrogen and oxygen atoms in total. The average Bonchev–Trinajstić information content (AvgIpc) is 2.18. The second-order valence-electron chi connectivity index (χ2n) is 2.84. The van der Waals surface area contributed by atoms with E-state index in [1.807, 2.05) is 5.32 Å². The molecule has 7 heteroatoms. The molecule has 1 amide bonds. The molecule has 0 aliphatic heterocycles. The second kappa shape index (κ2) is 4.65. The predicted molar refractivity (Wildman–Crippen MR) is 47.2 cm³/mol. The molecule has 0 aliphatic rings. The zero-order valence-electron chi connectivity index (χ0n) is 7.76. The van der Waals surface area contributed by atoms with Crippen LogP contribution >= 0.6 is 0 Å². The van der Waals surface area contributed by atoms with Crippen LogP contribution in [0.15, 0.2) is 12.1 Å². The number of hydrogen-bond acceptors (Lipinski definition) is 2. The molecule has 1 rings (SSSR count). The van der Waals surface area contributed by atoms with E-state index < -0.39 is 41.4 Å². The summed E-state index contributed by atoms with van der Waals surface area (Å²) in [6.45, 7) is 0. The van der Waals surface area contributed by atoms with Crippen molar-refractivity contribution in [2.24, 2.45) is 0 Å². The molecule has 1 aromatic rings. The van der Waals surface area contributed by atoms with E-state index in [1.165, 1.54) is 0 Å². The van der Waals surface area contributed by atoms with Gasteiger partial charge in [-0.3, -0.25) is 9.59 Å². The Hall–Kier alpha value is -2.05. The Morgan fingerprint density at radius 2 is 1.81 bits per heavy atom. The summed E-state index contributed by atoms with van der Waals surface area (Å²) in [5, 5.41) is 10.0. The maximum atomic E-state index is 13.0. The van der Waals surface area contributed by atoms with Crippen LogP contribution in [0, 0.1) is 17.5 Å². The molecule has 1 aromatic carbocycles. The Morgan fingerprint density at radius 1 is 1.19 bits per heavy atom. The fourth-order valence-electron chi connectivity index (χ4n) is 0.954. The lowest BCUT2D eigenvalue weighted by atomic mass is 10.2. The third-order valence-electron chi connectivity index (χ3n) is 1.62. The zero-order chi connectivity index (χ0) is 12.3. The number of halogens is 3. The van der Waals surface area contributed by atoms with Crippen LogP contribution in [0.4, 0.5) is 18.9 Å². The zero-order valence-corrected chi connectivity index (χ0v) is 7.76. The third kappa shape index (κ3) is 2.72. The summed E-state index contributed by atoms with van der Waals surface area (Å²) in [6.07, 6.45) is -0.890. The molecular weight excluding hydrogens is 227 g/mol. The summed E-state index contributed by atoms with van der Waals surface area (Å²) >= 11 is 0. The van der Waals surface area contributed by atoms with E-state index in [-0.39, 0.29) is 0 Å². The van der Waals surface area contributed by atoms with Gasteiger partial charge in [0.25, 0.3) is 0 Å². The van der Waals surface area contributed by atoms with Crippen molar-refractivity contribution < 1.29 is 27.9 Å². The fourth-order valence-corrected chi connectivity index (χ4v) is 0.954. The highest BCUT2D eigenvalue weighted by Crippen LogP contribution is 2.19. The van der Waals surface area contributed by atoms with Crippen molar-refractivity contribution in [3.8, 4) is 0 Å². The van der Waals surface area contributed by atoms with Gasteiger partial charge in [0.1, 0.15) is 6.42 Å². The maximum absolute atomic E-state index is 13.0. The number of carboxylic acid groups (broad SMARTS) is 1. The lowest BCUT2D eigenvalue weighted by Crippen LogP contribution is -2.17. The number of amides is 1. The van der Waals surface area contributed by atoms with Gasteiger partial charge >= 0.3 is 5.97 Å². The molecule has 0 saturated carbocycles. The molecule has 0 fully saturated rings. The molecule has 0 saturated heterocycles. The van der Waals surface area contributed by atoms with Gasteiger partial charge in [-0.05, 0) is 12.1 Å². The summed E-state index contributed by atoms with van der Waals surface area (Å²) in [4.78, 5) is 21.0. The number of benzene rings is 1. The first-order valence-corrected chi connectivity index (χ1v) is 4.07. The van der Waals surface area contributed by atoms with E-state index in [1.54, 1.807) is 0 Å². The van der Waals surface area contributed by atoms with Crippen LogP contribution < -0.4 is 5.32 Å². The summed E-state index contributed by atoms with van der Waals surface area (Å²) in [7, 11) is 0. The number of carbonyl (C=O) groups is 2. The van der Waals surface area contributed by atoms with E-state index in [2.05, 4.69) is 0 Å². The van der Waals surface area contributed by atoms with Crippen molar-refractivity contribution in [2.75, 3.05) is 5.32 Å². The van der Waals surface area contributed by atoms with Crippen molar-refractivity contribution in [1.29, 1.82) is 0 Å². The SMILES string of the molecule is O=C(O)CC(=O)Nc1ccc(F)c(F)c1F. The quantitative estimate of drug-likeness (QED) is 0.614. The summed E-state index contributed by atoms with van der Waals surface area (Å²) in [5.41, 5.74) is -0.606. The molecule has 0 heterocycles. The molecule has 86 valence electrons. The van der Waals surface area contributed by atoms with Gasteiger partial charge in [0.05, 0.1) is 5.69 Å². The molecule has 0 radical (unpaired) electrons. The molecule has 0 spiro atoms. The molecule has 0 bridgehead atoms. The van der Waals surface area contributed by atoms with E-state index in [0.29, 0.717) is 6.07 Å². The minimum atomic E-state index is -1.73. The number of carboxylic acids is 1. The minimum Gasteiger partial charge on any atom is -0.481 e. The van der Waals surface area contributed by atoms with Crippen molar-refractivity contribution in [3.05, 3.63) is 29.6 Å². The lowest BCUT2D eigenvalue weighted by molar-refractivity contribution is -0.139. The molecule has 0 aromatic heterocycles. The van der Waals surface area contributed by atoms with Gasteiger partial charge in [0.2, 0.25) is 5.91 Å². The Bertz CT molecular complexity index is 448. The van der Waals surface area contributed by atoms with Crippen LogP contribution in [0.5, 0.6) is 0 Å². The smallest absolute Gasteiger partial charge is 0.312 e. The van der Waals surface area contributed by atoms with Crippen LogP contribution in [0.1, 0.15) is 6.42 Å². The van der Waals surface area contributed by atoms with Gasteiger partial charge in [0, 0.05) is 0 Å². The van der Waals surface area contributed by atoms with Crippen molar-refractivity contribution in [2.45, 2.75) is 6.42 Å². The number of carbonyl (C=O) groups excluding carboxylic acids is 1. The molecule has 0 atom stereocenters. The van der Waals surface area contributed by atoms with Crippen molar-refractivity contribution in [3.63, 3.8) is 0 Å². The molecular formula is C9H6F3NO3. The molecule has 0 unspecified atom stereocenters. The van der Waals surface area contributed by atoms with E-state index in [4.69, 9.17) is 5.11 Å². The van der Waals surface area contributed by atoms with Gasteiger partial charge < -0.3 is 10.4 Å². The van der Waals surface area contributed by atoms with E-state index in [9.17, 15) is 22.8 Å². The van der Waals surface area contributed by atoms with Gasteiger partial charge in [-0.2, -0.15) is 0 Å². The Labute approximate surface area is 87.7 Å². The minimum absolute atomic E-state index is 0.606. The highest BCUT2D eigenvalue weighted by atomic mass is 19.2. The first kappa shape index (κ1) is 12.0. The van der Waals surface area contributed by atoms with Gasteiger partial charge in [-0.15, -0.1) is 0 Å². The van der Waals surface area contributed by atoms with Crippen LogP contribution in [-0.4, -0.2) is 17.0 Å². The highest BCUT2D eigenvalue weighted by molar-refractivity contribution is 6.01.